The first kappa shape index (κ1) is 22.4. The van der Waals surface area contributed by atoms with Gasteiger partial charge in [0.2, 0.25) is 12.0 Å². The van der Waals surface area contributed by atoms with Crippen LogP contribution in [-0.2, 0) is 9.47 Å². The summed E-state index contributed by atoms with van der Waals surface area (Å²) < 4.78 is 27.5. The van der Waals surface area contributed by atoms with E-state index in [0.717, 1.165) is 0 Å². The van der Waals surface area contributed by atoms with E-state index in [1.807, 2.05) is 0 Å². The molecule has 0 aromatic heterocycles. The van der Waals surface area contributed by atoms with Crippen molar-refractivity contribution in [2.24, 2.45) is 0 Å². The second kappa shape index (κ2) is 10.6. The Morgan fingerprint density at radius 1 is 1.07 bits per heavy atom. The lowest BCUT2D eigenvalue weighted by Gasteiger charge is -2.41. The first-order valence-corrected chi connectivity index (χ1v) is 8.94. The molecule has 1 aliphatic heterocycles. The maximum Gasteiger partial charge on any atom is 0.229 e. The van der Waals surface area contributed by atoms with Crippen LogP contribution >= 0.6 is 0 Å². The van der Waals surface area contributed by atoms with Gasteiger partial charge < -0.3 is 44.1 Å². The quantitative estimate of drug-likeness (QED) is 0.450. The van der Waals surface area contributed by atoms with E-state index in [0.29, 0.717) is 17.1 Å². The van der Waals surface area contributed by atoms with E-state index in [-0.39, 0.29) is 19.0 Å². The molecule has 1 aromatic carbocycles. The number of aliphatic hydroxyl groups excluding tert-OH is 4. The molecule has 2 rings (SSSR count). The Kier molecular flexibility index (Phi) is 8.49. The minimum absolute atomic E-state index is 0.116. The smallest absolute Gasteiger partial charge is 0.229 e. The van der Waals surface area contributed by atoms with Gasteiger partial charge in [-0.15, -0.1) is 0 Å². The summed E-state index contributed by atoms with van der Waals surface area (Å²) in [6.07, 6.45) is -2.51. The maximum absolute atomic E-state index is 10.6. The summed E-state index contributed by atoms with van der Waals surface area (Å²) in [5, 5.41) is 39.2. The molecule has 0 bridgehead atoms. The van der Waals surface area contributed by atoms with Gasteiger partial charge in [-0.1, -0.05) is 12.2 Å². The molecule has 1 heterocycles. The van der Waals surface area contributed by atoms with Crippen LogP contribution in [0.2, 0.25) is 0 Å². The van der Waals surface area contributed by atoms with Gasteiger partial charge in [0, 0.05) is 6.61 Å². The topological polar surface area (TPSA) is 127 Å². The molecule has 1 aliphatic rings. The number of hydrogen-bond acceptors (Lipinski definition) is 9. The third kappa shape index (κ3) is 4.93. The molecule has 0 aliphatic carbocycles. The van der Waals surface area contributed by atoms with Crippen LogP contribution in [0.25, 0.3) is 6.08 Å². The second-order valence-electron chi connectivity index (χ2n) is 6.08. The van der Waals surface area contributed by atoms with Crippen LogP contribution in [-0.4, -0.2) is 85.2 Å². The first-order valence-electron chi connectivity index (χ1n) is 8.94. The summed E-state index contributed by atoms with van der Waals surface area (Å²) in [6.45, 7) is 1.39. The van der Waals surface area contributed by atoms with E-state index in [4.69, 9.17) is 28.8 Å². The summed E-state index contributed by atoms with van der Waals surface area (Å²) in [6, 6.07) is 3.33. The van der Waals surface area contributed by atoms with Crippen molar-refractivity contribution in [3.05, 3.63) is 23.8 Å². The molecule has 4 N–H and O–H groups in total. The molecule has 158 valence electrons. The fourth-order valence-electron chi connectivity index (χ4n) is 2.96. The molecule has 1 fully saturated rings. The van der Waals surface area contributed by atoms with Crippen molar-refractivity contribution in [3.8, 4) is 17.2 Å². The van der Waals surface area contributed by atoms with Crippen molar-refractivity contribution >= 4 is 6.08 Å². The minimum Gasteiger partial charge on any atom is -0.493 e. The number of aliphatic hydroxyl groups is 4. The number of hydrogen-bond donors (Lipinski definition) is 4. The van der Waals surface area contributed by atoms with Gasteiger partial charge in [0.15, 0.2) is 11.5 Å². The van der Waals surface area contributed by atoms with Crippen LogP contribution in [0.15, 0.2) is 18.2 Å². The standard InChI is InChI=1S/C19H28O9/c1-4-26-18-15(22)14(10-21)27-19(16(18)23)28-17-12(24-2)8-11(6-5-7-20)9-13(17)25-3/h5-6,8-9,14-16,18-23H,4,7,10H2,1-3H3/b6-5+/t14-,15-,16-,18+,19+/m1/s1. The van der Waals surface area contributed by atoms with E-state index in [1.54, 1.807) is 31.2 Å². The highest BCUT2D eigenvalue weighted by Gasteiger charge is 2.46. The monoisotopic (exact) mass is 400 g/mol. The molecule has 0 radical (unpaired) electrons. The molecule has 1 saturated heterocycles. The van der Waals surface area contributed by atoms with E-state index in [9.17, 15) is 15.3 Å². The van der Waals surface area contributed by atoms with Crippen LogP contribution in [0.3, 0.4) is 0 Å². The molecule has 0 saturated carbocycles. The van der Waals surface area contributed by atoms with Gasteiger partial charge in [0.05, 0.1) is 27.4 Å². The molecule has 9 nitrogen and oxygen atoms in total. The van der Waals surface area contributed by atoms with Crippen molar-refractivity contribution in [1.29, 1.82) is 0 Å². The highest BCUT2D eigenvalue weighted by molar-refractivity contribution is 5.62. The molecular formula is C19H28O9. The zero-order valence-corrected chi connectivity index (χ0v) is 16.1. The average Bonchev–Trinajstić information content (AvgIpc) is 2.71. The Morgan fingerprint density at radius 3 is 2.21 bits per heavy atom. The molecule has 28 heavy (non-hydrogen) atoms. The predicted octanol–water partition coefficient (Wildman–Crippen LogP) is -0.0678. The Morgan fingerprint density at radius 2 is 1.71 bits per heavy atom. The summed E-state index contributed by atoms with van der Waals surface area (Å²) in [5.41, 5.74) is 0.705. The zero-order valence-electron chi connectivity index (χ0n) is 16.1. The van der Waals surface area contributed by atoms with Gasteiger partial charge >= 0.3 is 0 Å². The largest absolute Gasteiger partial charge is 0.493 e. The molecule has 0 amide bonds. The minimum atomic E-state index is -1.32. The van der Waals surface area contributed by atoms with Crippen molar-refractivity contribution in [2.45, 2.75) is 37.6 Å². The van der Waals surface area contributed by atoms with Gasteiger partial charge in [-0.05, 0) is 24.6 Å². The molecule has 9 heteroatoms. The van der Waals surface area contributed by atoms with E-state index in [1.165, 1.54) is 14.2 Å². The SMILES string of the molecule is CCO[C@@H]1[C@@H](O)[C@H](Oc2c(OC)cc(/C=C/CO)cc2OC)O[C@H](CO)[C@H]1O. The van der Waals surface area contributed by atoms with Crippen molar-refractivity contribution in [3.63, 3.8) is 0 Å². The average molecular weight is 400 g/mol. The molecule has 5 atom stereocenters. The second-order valence-corrected chi connectivity index (χ2v) is 6.08. The van der Waals surface area contributed by atoms with Crippen LogP contribution in [0.4, 0.5) is 0 Å². The molecule has 0 unspecified atom stereocenters. The summed E-state index contributed by atoms with van der Waals surface area (Å²) >= 11 is 0. The summed E-state index contributed by atoms with van der Waals surface area (Å²) in [4.78, 5) is 0. The maximum atomic E-state index is 10.6. The van der Waals surface area contributed by atoms with Crippen LogP contribution < -0.4 is 14.2 Å². The van der Waals surface area contributed by atoms with Gasteiger partial charge in [-0.2, -0.15) is 0 Å². The van der Waals surface area contributed by atoms with Crippen molar-refractivity contribution in [1.82, 2.24) is 0 Å². The Bertz CT molecular complexity index is 623. The number of methoxy groups -OCH3 is 2. The normalized spacial score (nSPS) is 27.8. The van der Waals surface area contributed by atoms with Gasteiger partial charge in [0.1, 0.15) is 24.4 Å². The van der Waals surface area contributed by atoms with E-state index < -0.39 is 37.3 Å². The highest BCUT2D eigenvalue weighted by Crippen LogP contribution is 2.41. The van der Waals surface area contributed by atoms with Crippen LogP contribution in [0.1, 0.15) is 12.5 Å². The fraction of sp³-hybridized carbons (Fsp3) is 0.579. The zero-order chi connectivity index (χ0) is 20.7. The Labute approximate surface area is 163 Å². The number of benzene rings is 1. The molecular weight excluding hydrogens is 372 g/mol. The van der Waals surface area contributed by atoms with Crippen molar-refractivity contribution < 1.29 is 44.1 Å². The third-order valence-corrected chi connectivity index (χ3v) is 4.31. The van der Waals surface area contributed by atoms with Crippen LogP contribution in [0.5, 0.6) is 17.2 Å². The first-order chi connectivity index (χ1) is 13.5. The highest BCUT2D eigenvalue weighted by atomic mass is 16.7. The lowest BCUT2D eigenvalue weighted by atomic mass is 9.99. The third-order valence-electron chi connectivity index (χ3n) is 4.31. The van der Waals surface area contributed by atoms with Crippen LogP contribution in [0, 0.1) is 0 Å². The van der Waals surface area contributed by atoms with E-state index >= 15 is 0 Å². The lowest BCUT2D eigenvalue weighted by molar-refractivity contribution is -0.285. The van der Waals surface area contributed by atoms with Gasteiger partial charge in [0.25, 0.3) is 0 Å². The Balaban J connectivity index is 2.35. The Hall–Kier alpha value is -1.88. The fourth-order valence-corrected chi connectivity index (χ4v) is 2.96. The van der Waals surface area contributed by atoms with E-state index in [2.05, 4.69) is 0 Å². The van der Waals surface area contributed by atoms with Crippen molar-refractivity contribution in [2.75, 3.05) is 34.0 Å². The van der Waals surface area contributed by atoms with Gasteiger partial charge in [-0.25, -0.2) is 0 Å². The lowest BCUT2D eigenvalue weighted by Crippen LogP contribution is -2.61. The van der Waals surface area contributed by atoms with Gasteiger partial charge in [-0.3, -0.25) is 0 Å². The summed E-state index contributed by atoms with van der Waals surface area (Å²) in [5.74, 6) is 0.804. The number of ether oxygens (including phenoxy) is 5. The predicted molar refractivity (Wildman–Crippen MR) is 99.5 cm³/mol. The number of rotatable bonds is 9. The summed E-state index contributed by atoms with van der Waals surface area (Å²) in [7, 11) is 2.89. The molecule has 0 spiro atoms. The molecule has 1 aromatic rings.